The zero-order valence-corrected chi connectivity index (χ0v) is 22.0. The van der Waals surface area contributed by atoms with Crippen molar-refractivity contribution in [1.29, 1.82) is 0 Å². The zero-order valence-electron chi connectivity index (χ0n) is 22.0. The SMILES string of the molecule is Cc1c(-c2cccc(NC(=O)c3ccc(C(C)(C)C)cc3)c2)nc(Nc2cccc(C(=O)O)c2)c(=O)n1C. The lowest BCUT2D eigenvalue weighted by atomic mass is 9.87. The van der Waals surface area contributed by atoms with E-state index in [0.29, 0.717) is 33.9 Å². The quantitative estimate of drug-likeness (QED) is 0.305. The minimum absolute atomic E-state index is 0.00323. The average molecular weight is 511 g/mol. The number of carboxylic acids is 1. The fraction of sp³-hybridized carbons (Fsp3) is 0.200. The maximum atomic E-state index is 12.9. The number of benzene rings is 3. The van der Waals surface area contributed by atoms with Gasteiger partial charge in [0.15, 0.2) is 5.82 Å². The number of carbonyl (C=O) groups is 2. The Labute approximate surface area is 221 Å². The molecule has 3 aromatic carbocycles. The predicted octanol–water partition coefficient (Wildman–Crippen LogP) is 5.75. The molecule has 0 aliphatic carbocycles. The fourth-order valence-electron chi connectivity index (χ4n) is 4.00. The Balaban J connectivity index is 1.63. The van der Waals surface area contributed by atoms with E-state index in [4.69, 9.17) is 0 Å². The minimum atomic E-state index is -1.07. The van der Waals surface area contributed by atoms with Gasteiger partial charge in [0.2, 0.25) is 0 Å². The van der Waals surface area contributed by atoms with Gasteiger partial charge in [-0.1, -0.05) is 51.1 Å². The van der Waals surface area contributed by atoms with Crippen molar-refractivity contribution in [2.24, 2.45) is 7.05 Å². The number of nitrogens with zero attached hydrogens (tertiary/aromatic N) is 2. The van der Waals surface area contributed by atoms with E-state index >= 15 is 0 Å². The van der Waals surface area contributed by atoms with Crippen LogP contribution in [0.5, 0.6) is 0 Å². The number of hydrogen-bond acceptors (Lipinski definition) is 5. The zero-order chi connectivity index (χ0) is 27.6. The maximum Gasteiger partial charge on any atom is 0.335 e. The van der Waals surface area contributed by atoms with Gasteiger partial charge in [0, 0.05) is 35.2 Å². The Morgan fingerprint density at radius 1 is 0.895 bits per heavy atom. The highest BCUT2D eigenvalue weighted by Gasteiger charge is 2.16. The molecule has 3 N–H and O–H groups in total. The molecule has 0 unspecified atom stereocenters. The van der Waals surface area contributed by atoms with Crippen LogP contribution in [-0.2, 0) is 12.5 Å². The molecule has 0 bridgehead atoms. The van der Waals surface area contributed by atoms with Crippen LogP contribution in [0.2, 0.25) is 0 Å². The van der Waals surface area contributed by atoms with Crippen LogP contribution in [0.3, 0.4) is 0 Å². The Morgan fingerprint density at radius 3 is 2.21 bits per heavy atom. The molecule has 8 heteroatoms. The lowest BCUT2D eigenvalue weighted by Crippen LogP contribution is -2.24. The maximum absolute atomic E-state index is 12.9. The summed E-state index contributed by atoms with van der Waals surface area (Å²) in [5.41, 5.74) is 4.36. The van der Waals surface area contributed by atoms with Crippen LogP contribution in [-0.4, -0.2) is 26.5 Å². The summed E-state index contributed by atoms with van der Waals surface area (Å²) in [4.78, 5) is 41.7. The minimum Gasteiger partial charge on any atom is -0.478 e. The summed E-state index contributed by atoms with van der Waals surface area (Å²) >= 11 is 0. The molecular formula is C30H30N4O4. The van der Waals surface area contributed by atoms with E-state index < -0.39 is 5.97 Å². The molecule has 0 saturated carbocycles. The van der Waals surface area contributed by atoms with E-state index in [1.807, 2.05) is 36.4 Å². The molecule has 0 atom stereocenters. The van der Waals surface area contributed by atoms with Crippen LogP contribution in [0, 0.1) is 6.92 Å². The van der Waals surface area contributed by atoms with Crippen LogP contribution >= 0.6 is 0 Å². The monoisotopic (exact) mass is 510 g/mol. The number of aromatic carboxylic acids is 1. The van der Waals surface area contributed by atoms with Crippen molar-refractivity contribution in [1.82, 2.24) is 9.55 Å². The van der Waals surface area contributed by atoms with Gasteiger partial charge in [0.1, 0.15) is 0 Å². The normalized spacial score (nSPS) is 11.2. The van der Waals surface area contributed by atoms with Crippen LogP contribution < -0.4 is 16.2 Å². The van der Waals surface area contributed by atoms with Crippen molar-refractivity contribution in [3.05, 3.63) is 106 Å². The summed E-state index contributed by atoms with van der Waals surface area (Å²) < 4.78 is 1.48. The van der Waals surface area contributed by atoms with Crippen LogP contribution in [0.25, 0.3) is 11.3 Å². The van der Waals surface area contributed by atoms with Gasteiger partial charge in [-0.3, -0.25) is 9.59 Å². The number of carbonyl (C=O) groups excluding carboxylic acids is 1. The van der Waals surface area contributed by atoms with E-state index in [9.17, 15) is 19.5 Å². The van der Waals surface area contributed by atoms with Gasteiger partial charge in [-0.25, -0.2) is 9.78 Å². The number of rotatable bonds is 6. The summed E-state index contributed by atoms with van der Waals surface area (Å²) in [6, 6.07) is 21.0. The molecule has 0 aliphatic rings. The molecule has 4 rings (SSSR count). The third-order valence-electron chi connectivity index (χ3n) is 6.36. The Bertz CT molecular complexity index is 1580. The van der Waals surface area contributed by atoms with Gasteiger partial charge in [-0.2, -0.15) is 0 Å². The summed E-state index contributed by atoms with van der Waals surface area (Å²) in [7, 11) is 1.65. The molecule has 0 spiro atoms. The van der Waals surface area contributed by atoms with Crippen molar-refractivity contribution in [3.8, 4) is 11.3 Å². The topological polar surface area (TPSA) is 113 Å². The summed E-state index contributed by atoms with van der Waals surface area (Å²) in [6.07, 6.45) is 0. The summed E-state index contributed by atoms with van der Waals surface area (Å²) in [6.45, 7) is 8.16. The molecule has 194 valence electrons. The molecule has 1 amide bonds. The lowest BCUT2D eigenvalue weighted by Gasteiger charge is -2.19. The standard InChI is InChI=1S/C30H30N4O4/c1-18-25(33-26(28(36)34(18)5)31-23-10-7-9-21(17-23)29(37)38)20-8-6-11-24(16-20)32-27(35)19-12-14-22(15-13-19)30(2,3)4/h6-17H,1-5H3,(H,31,33)(H,32,35)(H,37,38). The first-order valence-electron chi connectivity index (χ1n) is 12.1. The van der Waals surface area contributed by atoms with Crippen molar-refractivity contribution in [2.75, 3.05) is 10.6 Å². The molecule has 4 aromatic rings. The van der Waals surface area contributed by atoms with E-state index in [-0.39, 0.29) is 28.3 Å². The van der Waals surface area contributed by atoms with Gasteiger partial charge in [-0.15, -0.1) is 0 Å². The number of nitrogens with one attached hydrogen (secondary N) is 2. The second-order valence-corrected chi connectivity index (χ2v) is 10.1. The molecular weight excluding hydrogens is 480 g/mol. The van der Waals surface area contributed by atoms with Crippen LogP contribution in [0.15, 0.2) is 77.6 Å². The van der Waals surface area contributed by atoms with Crippen LogP contribution in [0.4, 0.5) is 17.2 Å². The highest BCUT2D eigenvalue weighted by Crippen LogP contribution is 2.26. The van der Waals surface area contributed by atoms with Gasteiger partial charge in [-0.05, 0) is 60.4 Å². The number of amides is 1. The number of hydrogen-bond donors (Lipinski definition) is 3. The third-order valence-corrected chi connectivity index (χ3v) is 6.36. The van der Waals surface area contributed by atoms with E-state index in [1.165, 1.54) is 16.7 Å². The first-order chi connectivity index (χ1) is 17.9. The first kappa shape index (κ1) is 26.3. The molecule has 0 radical (unpaired) electrons. The van der Waals surface area contributed by atoms with Gasteiger partial charge in [0.05, 0.1) is 11.3 Å². The second kappa shape index (κ2) is 10.3. The molecule has 8 nitrogen and oxygen atoms in total. The lowest BCUT2D eigenvalue weighted by molar-refractivity contribution is 0.0696. The molecule has 0 saturated heterocycles. The van der Waals surface area contributed by atoms with E-state index in [2.05, 4.69) is 36.4 Å². The van der Waals surface area contributed by atoms with Crippen molar-refractivity contribution in [2.45, 2.75) is 33.1 Å². The van der Waals surface area contributed by atoms with Gasteiger partial charge < -0.3 is 20.3 Å². The molecule has 1 heterocycles. The van der Waals surface area contributed by atoms with E-state index in [1.54, 1.807) is 38.2 Å². The van der Waals surface area contributed by atoms with Gasteiger partial charge in [0.25, 0.3) is 11.5 Å². The van der Waals surface area contributed by atoms with Crippen molar-refractivity contribution in [3.63, 3.8) is 0 Å². The Kier molecular flexibility index (Phi) is 7.17. The van der Waals surface area contributed by atoms with Crippen molar-refractivity contribution >= 4 is 29.1 Å². The highest BCUT2D eigenvalue weighted by atomic mass is 16.4. The summed E-state index contributed by atoms with van der Waals surface area (Å²) in [5.74, 6) is -1.24. The Morgan fingerprint density at radius 2 is 1.55 bits per heavy atom. The molecule has 38 heavy (non-hydrogen) atoms. The molecule has 0 aliphatic heterocycles. The predicted molar refractivity (Wildman–Crippen MR) is 149 cm³/mol. The number of aromatic nitrogens is 2. The van der Waals surface area contributed by atoms with E-state index in [0.717, 1.165) is 5.56 Å². The largest absolute Gasteiger partial charge is 0.478 e. The Hall–Kier alpha value is -4.72. The molecule has 0 fully saturated rings. The molecule has 1 aromatic heterocycles. The second-order valence-electron chi connectivity index (χ2n) is 10.1. The fourth-order valence-corrected chi connectivity index (χ4v) is 4.00. The van der Waals surface area contributed by atoms with Crippen molar-refractivity contribution < 1.29 is 14.7 Å². The smallest absolute Gasteiger partial charge is 0.335 e. The third kappa shape index (κ3) is 5.64. The average Bonchev–Trinajstić information content (AvgIpc) is 2.89. The van der Waals surface area contributed by atoms with Crippen LogP contribution in [0.1, 0.15) is 52.7 Å². The number of anilines is 3. The van der Waals surface area contributed by atoms with Gasteiger partial charge >= 0.3 is 5.97 Å². The first-order valence-corrected chi connectivity index (χ1v) is 12.1. The number of carboxylic acid groups (broad SMARTS) is 1. The highest BCUT2D eigenvalue weighted by molar-refractivity contribution is 6.04. The summed E-state index contributed by atoms with van der Waals surface area (Å²) in [5, 5.41) is 15.2.